The molecular formula is C13H15N3O2. The fraction of sp³-hybridized carbons (Fsp3) is 0.231. The first-order chi connectivity index (χ1) is 8.58. The normalized spacial score (nSPS) is 12.1. The Labute approximate surface area is 105 Å². The number of H-pyrrole nitrogens is 1. The minimum atomic E-state index is -0.193. The van der Waals surface area contributed by atoms with Crippen LogP contribution >= 0.6 is 0 Å². The van der Waals surface area contributed by atoms with Gasteiger partial charge in [-0.3, -0.25) is 4.79 Å². The Hall–Kier alpha value is -2.30. The summed E-state index contributed by atoms with van der Waals surface area (Å²) in [6, 6.07) is 4.56. The Morgan fingerprint density at radius 2 is 2.28 bits per heavy atom. The molecule has 94 valence electrons. The third-order valence-corrected chi connectivity index (χ3v) is 2.74. The number of rotatable bonds is 3. The average molecular weight is 245 g/mol. The molecule has 1 unspecified atom stereocenters. The van der Waals surface area contributed by atoms with Gasteiger partial charge in [0.1, 0.15) is 11.6 Å². The van der Waals surface area contributed by atoms with Crippen molar-refractivity contribution < 1.29 is 9.90 Å². The Kier molecular flexibility index (Phi) is 3.32. The fourth-order valence-electron chi connectivity index (χ4n) is 1.66. The number of hydrogen-bond acceptors (Lipinski definition) is 3. The van der Waals surface area contributed by atoms with Gasteiger partial charge in [0.15, 0.2) is 0 Å². The summed E-state index contributed by atoms with van der Waals surface area (Å²) in [5.41, 5.74) is 1.19. The fourth-order valence-corrected chi connectivity index (χ4v) is 1.66. The number of carbonyl (C=O) groups is 1. The lowest BCUT2D eigenvalue weighted by Crippen LogP contribution is -2.27. The zero-order valence-electron chi connectivity index (χ0n) is 10.3. The molecule has 0 spiro atoms. The van der Waals surface area contributed by atoms with E-state index < -0.39 is 0 Å². The van der Waals surface area contributed by atoms with Gasteiger partial charge in [-0.15, -0.1) is 0 Å². The molecule has 0 saturated heterocycles. The molecule has 0 aliphatic heterocycles. The van der Waals surface area contributed by atoms with Crippen LogP contribution in [0.4, 0.5) is 0 Å². The second kappa shape index (κ2) is 4.91. The lowest BCUT2D eigenvalue weighted by molar-refractivity contribution is 0.0938. The van der Waals surface area contributed by atoms with Crippen LogP contribution in [0.1, 0.15) is 34.7 Å². The predicted octanol–water partition coefficient (Wildman–Crippen LogP) is 1.91. The van der Waals surface area contributed by atoms with Gasteiger partial charge in [-0.05, 0) is 37.6 Å². The molecule has 1 heterocycles. The molecule has 0 bridgehead atoms. The Balaban J connectivity index is 2.10. The molecule has 3 N–H and O–H groups in total. The number of aromatic nitrogens is 2. The minimum Gasteiger partial charge on any atom is -0.508 e. The lowest BCUT2D eigenvalue weighted by atomic mass is 10.1. The van der Waals surface area contributed by atoms with Gasteiger partial charge in [0.25, 0.3) is 5.91 Å². The summed E-state index contributed by atoms with van der Waals surface area (Å²) in [6.07, 6.45) is 3.35. The Morgan fingerprint density at radius 3 is 2.89 bits per heavy atom. The summed E-state index contributed by atoms with van der Waals surface area (Å²) in [4.78, 5) is 19.0. The van der Waals surface area contributed by atoms with Gasteiger partial charge in [-0.2, -0.15) is 0 Å². The van der Waals surface area contributed by atoms with Crippen LogP contribution in [-0.4, -0.2) is 21.0 Å². The van der Waals surface area contributed by atoms with Crippen molar-refractivity contribution in [1.82, 2.24) is 15.3 Å². The molecule has 5 heteroatoms. The SMILES string of the molecule is Cc1cc(C(=O)NC(C)c2ncc[nH]2)ccc1O. The number of aryl methyl sites for hydroxylation is 1. The van der Waals surface area contributed by atoms with Crippen molar-refractivity contribution in [2.24, 2.45) is 0 Å². The van der Waals surface area contributed by atoms with E-state index in [0.717, 1.165) is 0 Å². The summed E-state index contributed by atoms with van der Waals surface area (Å²) < 4.78 is 0. The van der Waals surface area contributed by atoms with Gasteiger partial charge in [-0.25, -0.2) is 4.98 Å². The van der Waals surface area contributed by atoms with Gasteiger partial charge in [-0.1, -0.05) is 0 Å². The number of amides is 1. The minimum absolute atomic E-state index is 0.186. The summed E-state index contributed by atoms with van der Waals surface area (Å²) >= 11 is 0. The van der Waals surface area contributed by atoms with E-state index >= 15 is 0 Å². The number of nitrogens with one attached hydrogen (secondary N) is 2. The van der Waals surface area contributed by atoms with Crippen LogP contribution in [0.15, 0.2) is 30.6 Å². The van der Waals surface area contributed by atoms with Crippen molar-refractivity contribution in [3.05, 3.63) is 47.5 Å². The van der Waals surface area contributed by atoms with Crippen LogP contribution in [0.3, 0.4) is 0 Å². The largest absolute Gasteiger partial charge is 0.508 e. The number of aromatic hydroxyl groups is 1. The predicted molar refractivity (Wildman–Crippen MR) is 67.3 cm³/mol. The molecule has 1 aromatic heterocycles. The second-order valence-corrected chi connectivity index (χ2v) is 4.17. The zero-order valence-corrected chi connectivity index (χ0v) is 10.3. The van der Waals surface area contributed by atoms with Crippen LogP contribution in [0, 0.1) is 6.92 Å². The first kappa shape index (κ1) is 12.2. The van der Waals surface area contributed by atoms with Crippen LogP contribution < -0.4 is 5.32 Å². The number of phenols is 1. The first-order valence-electron chi connectivity index (χ1n) is 5.67. The van der Waals surface area contributed by atoms with Crippen molar-refractivity contribution >= 4 is 5.91 Å². The molecule has 1 amide bonds. The molecular weight excluding hydrogens is 230 g/mol. The van der Waals surface area contributed by atoms with Crippen LogP contribution in [-0.2, 0) is 0 Å². The maximum Gasteiger partial charge on any atom is 0.251 e. The summed E-state index contributed by atoms with van der Waals surface area (Å²) in [6.45, 7) is 3.60. The molecule has 0 saturated carbocycles. The van der Waals surface area contributed by atoms with Crippen molar-refractivity contribution in [3.8, 4) is 5.75 Å². The van der Waals surface area contributed by atoms with Crippen molar-refractivity contribution in [2.45, 2.75) is 19.9 Å². The topological polar surface area (TPSA) is 78.0 Å². The Bertz CT molecular complexity index is 549. The van der Waals surface area contributed by atoms with E-state index in [9.17, 15) is 9.90 Å². The molecule has 18 heavy (non-hydrogen) atoms. The van der Waals surface area contributed by atoms with Gasteiger partial charge >= 0.3 is 0 Å². The molecule has 1 aromatic carbocycles. The number of carbonyl (C=O) groups excluding carboxylic acids is 1. The number of nitrogens with zero attached hydrogens (tertiary/aromatic N) is 1. The number of imidazole rings is 1. The lowest BCUT2D eigenvalue weighted by Gasteiger charge is -2.12. The maximum atomic E-state index is 12.0. The van der Waals surface area contributed by atoms with E-state index in [4.69, 9.17) is 0 Å². The maximum absolute atomic E-state index is 12.0. The van der Waals surface area contributed by atoms with Crippen molar-refractivity contribution in [1.29, 1.82) is 0 Å². The van der Waals surface area contributed by atoms with Crippen LogP contribution in [0.5, 0.6) is 5.75 Å². The second-order valence-electron chi connectivity index (χ2n) is 4.17. The van der Waals surface area contributed by atoms with E-state index in [2.05, 4.69) is 15.3 Å². The van der Waals surface area contributed by atoms with Gasteiger partial charge in [0.2, 0.25) is 0 Å². The summed E-state index contributed by atoms with van der Waals surface area (Å²) in [5.74, 6) is 0.700. The van der Waals surface area contributed by atoms with E-state index in [1.54, 1.807) is 31.5 Å². The highest BCUT2D eigenvalue weighted by Gasteiger charge is 2.13. The van der Waals surface area contributed by atoms with E-state index in [1.165, 1.54) is 6.07 Å². The molecule has 0 aliphatic rings. The third-order valence-electron chi connectivity index (χ3n) is 2.74. The number of aromatic amines is 1. The highest BCUT2D eigenvalue weighted by molar-refractivity contribution is 5.94. The monoisotopic (exact) mass is 245 g/mol. The molecule has 0 fully saturated rings. The molecule has 1 atom stereocenters. The van der Waals surface area contributed by atoms with E-state index in [1.807, 2.05) is 6.92 Å². The summed E-state index contributed by atoms with van der Waals surface area (Å²) in [5, 5.41) is 12.2. The van der Waals surface area contributed by atoms with Crippen molar-refractivity contribution in [2.75, 3.05) is 0 Å². The van der Waals surface area contributed by atoms with E-state index in [-0.39, 0.29) is 17.7 Å². The zero-order chi connectivity index (χ0) is 13.1. The van der Waals surface area contributed by atoms with Crippen LogP contribution in [0.25, 0.3) is 0 Å². The summed E-state index contributed by atoms with van der Waals surface area (Å²) in [7, 11) is 0. The number of phenolic OH excluding ortho intramolecular Hbond substituents is 1. The van der Waals surface area contributed by atoms with E-state index in [0.29, 0.717) is 17.0 Å². The molecule has 2 aromatic rings. The van der Waals surface area contributed by atoms with Gasteiger partial charge < -0.3 is 15.4 Å². The Morgan fingerprint density at radius 1 is 1.50 bits per heavy atom. The highest BCUT2D eigenvalue weighted by atomic mass is 16.3. The van der Waals surface area contributed by atoms with Gasteiger partial charge in [0.05, 0.1) is 6.04 Å². The quantitative estimate of drug-likeness (QED) is 0.773. The highest BCUT2D eigenvalue weighted by Crippen LogP contribution is 2.17. The molecule has 0 radical (unpaired) electrons. The molecule has 2 rings (SSSR count). The average Bonchev–Trinajstić information content (AvgIpc) is 2.86. The van der Waals surface area contributed by atoms with Crippen molar-refractivity contribution in [3.63, 3.8) is 0 Å². The number of benzene rings is 1. The van der Waals surface area contributed by atoms with Gasteiger partial charge in [0, 0.05) is 18.0 Å². The standard InChI is InChI=1S/C13H15N3O2/c1-8-7-10(3-4-11(8)17)13(18)16-9(2)12-14-5-6-15-12/h3-7,9,17H,1-2H3,(H,14,15)(H,16,18). The molecule has 5 nitrogen and oxygen atoms in total. The van der Waals surface area contributed by atoms with Crippen LogP contribution in [0.2, 0.25) is 0 Å². The smallest absolute Gasteiger partial charge is 0.251 e. The third kappa shape index (κ3) is 2.51. The first-order valence-corrected chi connectivity index (χ1v) is 5.67. The number of hydrogen-bond donors (Lipinski definition) is 3. The molecule has 0 aliphatic carbocycles.